The van der Waals surface area contributed by atoms with E-state index >= 15 is 0 Å². The van der Waals surface area contributed by atoms with Crippen LogP contribution in [0.5, 0.6) is 5.88 Å². The van der Waals surface area contributed by atoms with Crippen LogP contribution in [0, 0.1) is 17.5 Å². The highest BCUT2D eigenvalue weighted by molar-refractivity contribution is 6.04. The van der Waals surface area contributed by atoms with E-state index in [9.17, 15) is 22.8 Å². The SMILES string of the molecule is CC(=O)Oc1c(-c2ccc(NC(=O)c3ccc(F)cc3)cc2)c(-c2ccc(F)cc2)nn1-c1ccc(F)cc1. The van der Waals surface area contributed by atoms with E-state index in [1.54, 1.807) is 36.4 Å². The highest BCUT2D eigenvalue weighted by Crippen LogP contribution is 2.41. The van der Waals surface area contributed by atoms with Crippen molar-refractivity contribution in [3.8, 4) is 34.0 Å². The Labute approximate surface area is 221 Å². The third-order valence-electron chi connectivity index (χ3n) is 5.81. The molecule has 0 saturated heterocycles. The van der Waals surface area contributed by atoms with Gasteiger partial charge in [-0.3, -0.25) is 9.59 Å². The summed E-state index contributed by atoms with van der Waals surface area (Å²) < 4.78 is 47.5. The van der Waals surface area contributed by atoms with Crippen molar-refractivity contribution in [2.24, 2.45) is 0 Å². The molecule has 1 N–H and O–H groups in total. The Bertz CT molecular complexity index is 1650. The summed E-state index contributed by atoms with van der Waals surface area (Å²) in [5.41, 5.74) is 3.14. The number of anilines is 1. The summed E-state index contributed by atoms with van der Waals surface area (Å²) in [6.07, 6.45) is 0. The molecule has 0 aliphatic rings. The van der Waals surface area contributed by atoms with Crippen molar-refractivity contribution in [1.29, 1.82) is 0 Å². The summed E-state index contributed by atoms with van der Waals surface area (Å²) in [5.74, 6) is -2.26. The summed E-state index contributed by atoms with van der Waals surface area (Å²) in [4.78, 5) is 24.7. The maximum atomic E-state index is 13.7. The van der Waals surface area contributed by atoms with E-state index in [2.05, 4.69) is 10.4 Å². The molecule has 0 fully saturated rings. The number of carbonyl (C=O) groups excluding carboxylic acids is 2. The number of ether oxygens (including phenoxy) is 1. The minimum Gasteiger partial charge on any atom is -0.407 e. The first-order chi connectivity index (χ1) is 18.8. The molecule has 6 nitrogen and oxygen atoms in total. The van der Waals surface area contributed by atoms with Gasteiger partial charge in [0.05, 0.1) is 11.3 Å². The molecule has 0 radical (unpaired) electrons. The van der Waals surface area contributed by atoms with Crippen molar-refractivity contribution >= 4 is 17.6 Å². The largest absolute Gasteiger partial charge is 0.407 e. The maximum Gasteiger partial charge on any atom is 0.309 e. The quantitative estimate of drug-likeness (QED) is 0.247. The number of benzene rings is 4. The molecule has 0 saturated carbocycles. The van der Waals surface area contributed by atoms with Gasteiger partial charge in [0.15, 0.2) is 0 Å². The number of nitrogens with zero attached hydrogens (tertiary/aromatic N) is 2. The standard InChI is InChI=1S/C30H20F3N3O3/c1-18(37)39-30-27(19-6-14-25(15-7-19)34-29(38)21-4-10-23(32)11-5-21)28(20-2-8-22(31)9-3-20)35-36(30)26-16-12-24(33)13-17-26/h2-17H,1H3,(H,34,38). The predicted molar refractivity (Wildman–Crippen MR) is 140 cm³/mol. The molecule has 0 bridgehead atoms. The van der Waals surface area contributed by atoms with Crippen molar-refractivity contribution in [3.63, 3.8) is 0 Å². The molecular weight excluding hydrogens is 507 g/mol. The van der Waals surface area contributed by atoms with Gasteiger partial charge in [0.25, 0.3) is 5.91 Å². The van der Waals surface area contributed by atoms with Crippen LogP contribution in [-0.2, 0) is 4.79 Å². The van der Waals surface area contributed by atoms with Crippen LogP contribution in [0.3, 0.4) is 0 Å². The van der Waals surface area contributed by atoms with Gasteiger partial charge in [0.1, 0.15) is 23.1 Å². The topological polar surface area (TPSA) is 73.2 Å². The summed E-state index contributed by atoms with van der Waals surface area (Å²) >= 11 is 0. The van der Waals surface area contributed by atoms with Crippen LogP contribution in [0.15, 0.2) is 97.1 Å². The van der Waals surface area contributed by atoms with E-state index in [0.29, 0.717) is 33.8 Å². The van der Waals surface area contributed by atoms with Crippen LogP contribution < -0.4 is 10.1 Å². The Morgan fingerprint density at radius 1 is 0.718 bits per heavy atom. The molecule has 1 heterocycles. The predicted octanol–water partition coefficient (Wildman–Crippen LogP) is 6.80. The number of nitrogens with one attached hydrogen (secondary N) is 1. The van der Waals surface area contributed by atoms with Crippen molar-refractivity contribution < 1.29 is 27.5 Å². The van der Waals surface area contributed by atoms with E-state index < -0.39 is 29.3 Å². The number of hydrogen-bond donors (Lipinski definition) is 1. The Kier molecular flexibility index (Phi) is 6.96. The second-order valence-electron chi connectivity index (χ2n) is 8.56. The fourth-order valence-corrected chi connectivity index (χ4v) is 3.99. The van der Waals surface area contributed by atoms with E-state index in [0.717, 1.165) is 0 Å². The van der Waals surface area contributed by atoms with Crippen LogP contribution in [0.4, 0.5) is 18.9 Å². The maximum absolute atomic E-state index is 13.7. The molecule has 9 heteroatoms. The molecule has 0 spiro atoms. The number of hydrogen-bond acceptors (Lipinski definition) is 4. The van der Waals surface area contributed by atoms with Gasteiger partial charge in [-0.1, -0.05) is 12.1 Å². The normalized spacial score (nSPS) is 10.8. The molecule has 1 aromatic heterocycles. The highest BCUT2D eigenvalue weighted by Gasteiger charge is 2.25. The Hall–Kier alpha value is -5.18. The van der Waals surface area contributed by atoms with Gasteiger partial charge >= 0.3 is 5.97 Å². The Balaban J connectivity index is 1.59. The lowest BCUT2D eigenvalue weighted by molar-refractivity contribution is -0.132. The van der Waals surface area contributed by atoms with E-state index in [4.69, 9.17) is 4.74 Å². The first kappa shape index (κ1) is 25.5. The van der Waals surface area contributed by atoms with Crippen molar-refractivity contribution in [2.45, 2.75) is 6.92 Å². The zero-order chi connectivity index (χ0) is 27.5. The first-order valence-electron chi connectivity index (χ1n) is 11.8. The number of halogens is 3. The molecule has 39 heavy (non-hydrogen) atoms. The lowest BCUT2D eigenvalue weighted by Crippen LogP contribution is -2.11. The number of amides is 1. The lowest BCUT2D eigenvalue weighted by atomic mass is 10.0. The minimum atomic E-state index is -0.603. The smallest absolute Gasteiger partial charge is 0.309 e. The average molecular weight is 528 g/mol. The summed E-state index contributed by atoms with van der Waals surface area (Å²) in [6, 6.07) is 23.0. The van der Waals surface area contributed by atoms with Crippen molar-refractivity contribution in [3.05, 3.63) is 120 Å². The van der Waals surface area contributed by atoms with E-state index in [-0.39, 0.29) is 11.4 Å². The van der Waals surface area contributed by atoms with Crippen molar-refractivity contribution in [1.82, 2.24) is 9.78 Å². The number of carbonyl (C=O) groups is 2. The minimum absolute atomic E-state index is 0.0801. The summed E-state index contributed by atoms with van der Waals surface area (Å²) in [7, 11) is 0. The first-order valence-corrected chi connectivity index (χ1v) is 11.8. The van der Waals surface area contributed by atoms with Crippen LogP contribution in [-0.4, -0.2) is 21.7 Å². The van der Waals surface area contributed by atoms with Gasteiger partial charge < -0.3 is 10.1 Å². The molecule has 5 aromatic rings. The molecule has 0 atom stereocenters. The average Bonchev–Trinajstić information content (AvgIpc) is 3.28. The highest BCUT2D eigenvalue weighted by atomic mass is 19.1. The molecule has 4 aromatic carbocycles. The monoisotopic (exact) mass is 527 g/mol. The second-order valence-corrected chi connectivity index (χ2v) is 8.56. The number of rotatable bonds is 6. The second kappa shape index (κ2) is 10.7. The Morgan fingerprint density at radius 3 is 1.79 bits per heavy atom. The summed E-state index contributed by atoms with van der Waals surface area (Å²) in [5, 5.41) is 7.40. The molecular formula is C30H20F3N3O3. The zero-order valence-corrected chi connectivity index (χ0v) is 20.5. The fraction of sp³-hybridized carbons (Fsp3) is 0.0333. The third kappa shape index (κ3) is 5.57. The van der Waals surface area contributed by atoms with Gasteiger partial charge in [0.2, 0.25) is 5.88 Å². The van der Waals surface area contributed by atoms with E-state index in [1.165, 1.54) is 72.3 Å². The lowest BCUT2D eigenvalue weighted by Gasteiger charge is -2.10. The van der Waals surface area contributed by atoms with Gasteiger partial charge in [0, 0.05) is 23.7 Å². The molecule has 0 aliphatic heterocycles. The number of aromatic nitrogens is 2. The van der Waals surface area contributed by atoms with Gasteiger partial charge in [-0.2, -0.15) is 9.78 Å². The van der Waals surface area contributed by atoms with Crippen LogP contribution in [0.2, 0.25) is 0 Å². The van der Waals surface area contributed by atoms with E-state index in [1.807, 2.05) is 0 Å². The Morgan fingerprint density at radius 2 is 1.23 bits per heavy atom. The van der Waals surface area contributed by atoms with Crippen LogP contribution >= 0.6 is 0 Å². The molecule has 5 rings (SSSR count). The zero-order valence-electron chi connectivity index (χ0n) is 20.5. The van der Waals surface area contributed by atoms with Crippen LogP contribution in [0.25, 0.3) is 28.1 Å². The molecule has 1 amide bonds. The summed E-state index contributed by atoms with van der Waals surface area (Å²) in [6.45, 7) is 1.25. The van der Waals surface area contributed by atoms with Crippen molar-refractivity contribution in [2.75, 3.05) is 5.32 Å². The fourth-order valence-electron chi connectivity index (χ4n) is 3.99. The molecule has 0 unspecified atom stereocenters. The molecule has 0 aliphatic carbocycles. The number of esters is 1. The van der Waals surface area contributed by atoms with Crippen LogP contribution in [0.1, 0.15) is 17.3 Å². The van der Waals surface area contributed by atoms with Gasteiger partial charge in [-0.25, -0.2) is 13.2 Å². The molecule has 194 valence electrons. The van der Waals surface area contributed by atoms with Gasteiger partial charge in [-0.05, 0) is 90.5 Å². The van der Waals surface area contributed by atoms with Gasteiger partial charge in [-0.15, -0.1) is 0 Å². The third-order valence-corrected chi connectivity index (χ3v) is 5.81.